The molecule has 4 N–H and O–H groups in total. The molecule has 0 fully saturated rings. The minimum absolute atomic E-state index is 0.176. The Balaban J connectivity index is 2.93. The molecule has 0 aliphatic carbocycles. The molecule has 0 amide bonds. The highest BCUT2D eigenvalue weighted by molar-refractivity contribution is 5.46. The predicted octanol–water partition coefficient (Wildman–Crippen LogP) is 0.683. The molecule has 1 atom stereocenters. The van der Waals surface area contributed by atoms with Crippen LogP contribution in [0.25, 0.3) is 6.08 Å². The van der Waals surface area contributed by atoms with Crippen LogP contribution in [-0.4, -0.2) is 11.5 Å². The Labute approximate surface area is 72.1 Å². The van der Waals surface area contributed by atoms with Gasteiger partial charge in [-0.05, 0) is 17.7 Å². The van der Waals surface area contributed by atoms with Gasteiger partial charge < -0.3 is 11.5 Å². The number of hydrogen-bond acceptors (Lipinski definition) is 3. The third kappa shape index (κ3) is 1.90. The van der Waals surface area contributed by atoms with Crippen LogP contribution >= 0.6 is 0 Å². The highest BCUT2D eigenvalue weighted by atomic mass is 14.8. The molecule has 0 aliphatic rings. The van der Waals surface area contributed by atoms with Crippen LogP contribution in [0.4, 0.5) is 0 Å². The number of hydrogen-bond donors (Lipinski definition) is 2. The zero-order chi connectivity index (χ0) is 8.97. The van der Waals surface area contributed by atoms with Crippen LogP contribution in [0.3, 0.4) is 0 Å². The monoisotopic (exact) mass is 163 g/mol. The molecule has 0 spiro atoms. The molecule has 64 valence electrons. The van der Waals surface area contributed by atoms with E-state index in [1.165, 1.54) is 0 Å². The van der Waals surface area contributed by atoms with Crippen LogP contribution in [0.2, 0.25) is 0 Å². The van der Waals surface area contributed by atoms with E-state index in [2.05, 4.69) is 11.6 Å². The summed E-state index contributed by atoms with van der Waals surface area (Å²) in [5, 5.41) is 0. The predicted molar refractivity (Wildman–Crippen MR) is 50.3 cm³/mol. The Bertz CT molecular complexity index is 270. The molecule has 0 radical (unpaired) electrons. The largest absolute Gasteiger partial charge is 0.329 e. The first-order chi connectivity index (χ1) is 5.77. The third-order valence-electron chi connectivity index (χ3n) is 1.67. The first-order valence-electron chi connectivity index (χ1n) is 3.82. The molecule has 0 aromatic carbocycles. The van der Waals surface area contributed by atoms with Crippen molar-refractivity contribution in [3.05, 3.63) is 36.2 Å². The van der Waals surface area contributed by atoms with E-state index in [9.17, 15) is 0 Å². The van der Waals surface area contributed by atoms with Crippen LogP contribution in [0.1, 0.15) is 17.3 Å². The van der Waals surface area contributed by atoms with E-state index in [1.807, 2.05) is 12.1 Å². The molecule has 0 saturated carbocycles. The van der Waals surface area contributed by atoms with Crippen LogP contribution < -0.4 is 11.5 Å². The topological polar surface area (TPSA) is 64.9 Å². The smallest absolute Gasteiger partial charge is 0.0594 e. The Morgan fingerprint density at radius 1 is 1.67 bits per heavy atom. The van der Waals surface area contributed by atoms with E-state index in [-0.39, 0.29) is 6.04 Å². The van der Waals surface area contributed by atoms with E-state index in [0.29, 0.717) is 6.54 Å². The zero-order valence-corrected chi connectivity index (χ0v) is 6.90. The van der Waals surface area contributed by atoms with Gasteiger partial charge in [0.1, 0.15) is 0 Å². The van der Waals surface area contributed by atoms with Crippen molar-refractivity contribution in [1.82, 2.24) is 4.98 Å². The molecule has 1 heterocycles. The summed E-state index contributed by atoms with van der Waals surface area (Å²) in [6.07, 6.45) is 3.47. The normalized spacial score (nSPS) is 12.5. The van der Waals surface area contributed by atoms with Crippen LogP contribution in [0.15, 0.2) is 24.9 Å². The molecule has 0 bridgehead atoms. The Hall–Kier alpha value is -1.19. The highest BCUT2D eigenvalue weighted by Gasteiger charge is 2.03. The average Bonchev–Trinajstić information content (AvgIpc) is 2.17. The number of aromatic nitrogens is 1. The first-order valence-corrected chi connectivity index (χ1v) is 3.82. The lowest BCUT2D eigenvalue weighted by molar-refractivity contribution is 0.711. The van der Waals surface area contributed by atoms with E-state index in [0.717, 1.165) is 11.3 Å². The van der Waals surface area contributed by atoms with Gasteiger partial charge in [0, 0.05) is 12.7 Å². The summed E-state index contributed by atoms with van der Waals surface area (Å²) in [6, 6.07) is 3.59. The molecule has 0 saturated heterocycles. The third-order valence-corrected chi connectivity index (χ3v) is 1.67. The van der Waals surface area contributed by atoms with Gasteiger partial charge in [0.05, 0.1) is 11.7 Å². The van der Waals surface area contributed by atoms with Gasteiger partial charge in [-0.25, -0.2) is 0 Å². The van der Waals surface area contributed by atoms with Crippen molar-refractivity contribution >= 4 is 6.08 Å². The van der Waals surface area contributed by atoms with Crippen LogP contribution in [0, 0.1) is 0 Å². The number of nitrogens with zero attached hydrogens (tertiary/aromatic N) is 1. The fraction of sp³-hybridized carbons (Fsp3) is 0.222. The SMILES string of the molecule is C=Cc1ccnc([C@@H](N)CN)c1. The van der Waals surface area contributed by atoms with Gasteiger partial charge in [-0.3, -0.25) is 4.98 Å². The first kappa shape index (κ1) is 8.90. The molecular formula is C9H13N3. The van der Waals surface area contributed by atoms with Gasteiger partial charge in [-0.15, -0.1) is 0 Å². The molecular weight excluding hydrogens is 150 g/mol. The summed E-state index contributed by atoms with van der Waals surface area (Å²) in [7, 11) is 0. The quantitative estimate of drug-likeness (QED) is 0.688. The van der Waals surface area contributed by atoms with E-state index >= 15 is 0 Å². The fourth-order valence-corrected chi connectivity index (χ4v) is 0.916. The summed E-state index contributed by atoms with van der Waals surface area (Å²) >= 11 is 0. The average molecular weight is 163 g/mol. The van der Waals surface area contributed by atoms with Gasteiger partial charge in [-0.2, -0.15) is 0 Å². The minimum atomic E-state index is -0.176. The summed E-state index contributed by atoms with van der Waals surface area (Å²) in [5.41, 5.74) is 12.9. The molecule has 3 heteroatoms. The van der Waals surface area contributed by atoms with Gasteiger partial charge in [-0.1, -0.05) is 12.7 Å². The van der Waals surface area contributed by atoms with Gasteiger partial charge in [0.25, 0.3) is 0 Å². The van der Waals surface area contributed by atoms with Crippen LogP contribution in [-0.2, 0) is 0 Å². The fourth-order valence-electron chi connectivity index (χ4n) is 0.916. The molecule has 3 nitrogen and oxygen atoms in total. The second-order valence-electron chi connectivity index (χ2n) is 2.56. The number of nitrogens with two attached hydrogens (primary N) is 2. The number of rotatable bonds is 3. The molecule has 1 aromatic rings. The van der Waals surface area contributed by atoms with Crippen molar-refractivity contribution in [3.63, 3.8) is 0 Å². The maximum atomic E-state index is 5.70. The van der Waals surface area contributed by atoms with Crippen molar-refractivity contribution in [3.8, 4) is 0 Å². The van der Waals surface area contributed by atoms with Crippen molar-refractivity contribution in [2.75, 3.05) is 6.54 Å². The van der Waals surface area contributed by atoms with E-state index in [1.54, 1.807) is 12.3 Å². The standard InChI is InChI=1S/C9H13N3/c1-2-7-3-4-12-9(5-7)8(11)6-10/h2-5,8H,1,6,10-11H2/t8-/m0/s1. The van der Waals surface area contributed by atoms with E-state index in [4.69, 9.17) is 11.5 Å². The van der Waals surface area contributed by atoms with Crippen molar-refractivity contribution in [1.29, 1.82) is 0 Å². The van der Waals surface area contributed by atoms with E-state index < -0.39 is 0 Å². The van der Waals surface area contributed by atoms with Gasteiger partial charge in [0.15, 0.2) is 0 Å². The second kappa shape index (κ2) is 3.99. The van der Waals surface area contributed by atoms with Gasteiger partial charge >= 0.3 is 0 Å². The van der Waals surface area contributed by atoms with Crippen molar-refractivity contribution < 1.29 is 0 Å². The van der Waals surface area contributed by atoms with Crippen molar-refractivity contribution in [2.45, 2.75) is 6.04 Å². The molecule has 0 unspecified atom stereocenters. The van der Waals surface area contributed by atoms with Gasteiger partial charge in [0.2, 0.25) is 0 Å². The zero-order valence-electron chi connectivity index (χ0n) is 6.90. The molecule has 0 aliphatic heterocycles. The summed E-state index contributed by atoms with van der Waals surface area (Å²) in [6.45, 7) is 4.07. The van der Waals surface area contributed by atoms with Crippen molar-refractivity contribution in [2.24, 2.45) is 11.5 Å². The number of pyridine rings is 1. The maximum Gasteiger partial charge on any atom is 0.0594 e. The second-order valence-corrected chi connectivity index (χ2v) is 2.56. The summed E-state index contributed by atoms with van der Waals surface area (Å²) < 4.78 is 0. The molecule has 1 rings (SSSR count). The Morgan fingerprint density at radius 3 is 3.00 bits per heavy atom. The maximum absolute atomic E-state index is 5.70. The minimum Gasteiger partial charge on any atom is -0.329 e. The molecule has 1 aromatic heterocycles. The lowest BCUT2D eigenvalue weighted by atomic mass is 10.1. The lowest BCUT2D eigenvalue weighted by Gasteiger charge is -2.07. The summed E-state index contributed by atoms with van der Waals surface area (Å²) in [4.78, 5) is 4.11. The molecule has 12 heavy (non-hydrogen) atoms. The summed E-state index contributed by atoms with van der Waals surface area (Å²) in [5.74, 6) is 0. The lowest BCUT2D eigenvalue weighted by Crippen LogP contribution is -2.21. The Morgan fingerprint density at radius 2 is 2.42 bits per heavy atom. The highest BCUT2D eigenvalue weighted by Crippen LogP contribution is 2.08. The van der Waals surface area contributed by atoms with Crippen LogP contribution in [0.5, 0.6) is 0 Å². The Kier molecular flexibility index (Phi) is 2.96.